The number of carbonyl (C=O) groups excluding carboxylic acids is 4. The highest BCUT2D eigenvalue weighted by molar-refractivity contribution is 5.93. The number of aromatic amines is 1. The van der Waals surface area contributed by atoms with E-state index >= 15 is 0 Å². The minimum absolute atomic E-state index is 0.204. The molecule has 190 valence electrons. The third kappa shape index (κ3) is 6.52. The molecule has 9 nitrogen and oxygen atoms in total. The van der Waals surface area contributed by atoms with Gasteiger partial charge in [-0.05, 0) is 28.0 Å². The summed E-state index contributed by atoms with van der Waals surface area (Å²) in [7, 11) is 0. The lowest BCUT2D eigenvalue weighted by atomic mass is 10.0. The fourth-order valence-corrected chi connectivity index (χ4v) is 4.34. The highest BCUT2D eigenvalue weighted by atomic mass is 16.2. The van der Waals surface area contributed by atoms with Crippen LogP contribution in [-0.4, -0.2) is 47.2 Å². The molecule has 6 N–H and O–H groups in total. The van der Waals surface area contributed by atoms with Crippen molar-refractivity contribution in [3.8, 4) is 0 Å². The van der Waals surface area contributed by atoms with E-state index in [0.29, 0.717) is 0 Å². The molecule has 0 aliphatic heterocycles. The van der Waals surface area contributed by atoms with Gasteiger partial charge in [0.15, 0.2) is 0 Å². The van der Waals surface area contributed by atoms with Crippen molar-refractivity contribution in [1.29, 1.82) is 0 Å². The lowest BCUT2D eigenvalue weighted by Gasteiger charge is -2.19. The monoisotopic (exact) mass is 499 g/mol. The van der Waals surface area contributed by atoms with Gasteiger partial charge in [0.2, 0.25) is 23.6 Å². The average molecular weight is 500 g/mol. The van der Waals surface area contributed by atoms with E-state index in [1.54, 1.807) is 6.20 Å². The van der Waals surface area contributed by atoms with E-state index in [9.17, 15) is 19.2 Å². The van der Waals surface area contributed by atoms with E-state index < -0.39 is 29.8 Å². The van der Waals surface area contributed by atoms with Crippen molar-refractivity contribution in [3.63, 3.8) is 0 Å². The number of rotatable bonds is 10. The fraction of sp³-hybridized carbons (Fsp3) is 0.214. The molecule has 0 fully saturated rings. The molecule has 0 spiro atoms. The van der Waals surface area contributed by atoms with Gasteiger partial charge in [0, 0.05) is 36.9 Å². The molecule has 1 heterocycles. The molecule has 1 aromatic heterocycles. The highest BCUT2D eigenvalue weighted by Gasteiger charge is 2.23. The van der Waals surface area contributed by atoms with Crippen molar-refractivity contribution in [2.24, 2.45) is 5.73 Å². The van der Waals surface area contributed by atoms with Crippen LogP contribution in [0.25, 0.3) is 21.7 Å². The van der Waals surface area contributed by atoms with Crippen LogP contribution < -0.4 is 21.7 Å². The van der Waals surface area contributed by atoms with Gasteiger partial charge in [-0.1, -0.05) is 60.7 Å². The number of benzene rings is 3. The Kier molecular flexibility index (Phi) is 7.83. The molecule has 0 aliphatic rings. The normalized spacial score (nSPS) is 12.6. The van der Waals surface area contributed by atoms with Crippen LogP contribution in [0.5, 0.6) is 0 Å². The molecular weight excluding hydrogens is 470 g/mol. The number of aromatic nitrogens is 1. The second kappa shape index (κ2) is 11.4. The van der Waals surface area contributed by atoms with Crippen LogP contribution >= 0.6 is 0 Å². The van der Waals surface area contributed by atoms with Crippen LogP contribution in [0.3, 0.4) is 0 Å². The first-order chi connectivity index (χ1) is 17.8. The number of hydrogen-bond acceptors (Lipinski definition) is 4. The zero-order valence-corrected chi connectivity index (χ0v) is 20.4. The molecule has 9 heteroatoms. The molecule has 0 radical (unpaired) electrons. The molecule has 0 saturated carbocycles. The summed E-state index contributed by atoms with van der Waals surface area (Å²) in [6, 6.07) is 19.5. The van der Waals surface area contributed by atoms with Crippen LogP contribution in [0, 0.1) is 0 Å². The van der Waals surface area contributed by atoms with Crippen LogP contribution in [0.1, 0.15) is 18.1 Å². The van der Waals surface area contributed by atoms with Gasteiger partial charge in [0.05, 0.1) is 6.54 Å². The summed E-state index contributed by atoms with van der Waals surface area (Å²) in [6.45, 7) is 0.958. The van der Waals surface area contributed by atoms with Gasteiger partial charge < -0.3 is 26.7 Å². The Bertz CT molecular complexity index is 1460. The van der Waals surface area contributed by atoms with Gasteiger partial charge in [0.1, 0.15) is 12.1 Å². The minimum Gasteiger partial charge on any atom is -0.368 e. The average Bonchev–Trinajstić information content (AvgIpc) is 3.29. The van der Waals surface area contributed by atoms with E-state index in [-0.39, 0.29) is 25.3 Å². The quantitative estimate of drug-likeness (QED) is 0.226. The molecule has 4 amide bonds. The lowest BCUT2D eigenvalue weighted by Crippen LogP contribution is -2.52. The van der Waals surface area contributed by atoms with Crippen LogP contribution in [0.4, 0.5) is 0 Å². The molecule has 2 atom stereocenters. The van der Waals surface area contributed by atoms with Gasteiger partial charge in [-0.25, -0.2) is 0 Å². The Morgan fingerprint density at radius 1 is 0.865 bits per heavy atom. The molecular formula is C28H29N5O4. The Morgan fingerprint density at radius 3 is 2.35 bits per heavy atom. The number of carbonyl (C=O) groups is 4. The number of para-hydroxylation sites is 1. The summed E-state index contributed by atoms with van der Waals surface area (Å²) in [5, 5.41) is 10.8. The highest BCUT2D eigenvalue weighted by Crippen LogP contribution is 2.19. The van der Waals surface area contributed by atoms with Crippen molar-refractivity contribution >= 4 is 45.3 Å². The summed E-state index contributed by atoms with van der Waals surface area (Å²) in [5.41, 5.74) is 8.15. The maximum atomic E-state index is 12.9. The van der Waals surface area contributed by atoms with E-state index in [1.165, 1.54) is 6.92 Å². The molecule has 0 saturated heterocycles. The van der Waals surface area contributed by atoms with Crippen molar-refractivity contribution in [2.75, 3.05) is 6.54 Å². The van der Waals surface area contributed by atoms with Crippen LogP contribution in [0.15, 0.2) is 72.9 Å². The van der Waals surface area contributed by atoms with Crippen LogP contribution in [0.2, 0.25) is 0 Å². The standard InChI is InChI=1S/C28H29N5O4/c1-17(34)32-25(13-18-10-11-19-6-2-3-7-20(19)12-18)28(37)31-16-26(35)33-24(27(29)36)14-21-15-30-23-9-5-4-8-22(21)23/h2-12,15,24-25,30H,13-14,16H2,1H3,(H2,29,36)(H,31,37)(H,32,34)(H,33,35)/t24-,25?/m0/s1. The van der Waals surface area contributed by atoms with Gasteiger partial charge in [0.25, 0.3) is 0 Å². The SMILES string of the molecule is CC(=O)NC(Cc1ccc2ccccc2c1)C(=O)NCC(=O)N[C@@H](Cc1c[nH]c2ccccc12)C(N)=O. The maximum absolute atomic E-state index is 12.9. The molecule has 4 rings (SSSR count). The minimum atomic E-state index is -0.952. The maximum Gasteiger partial charge on any atom is 0.243 e. The lowest BCUT2D eigenvalue weighted by molar-refractivity contribution is -0.130. The van der Waals surface area contributed by atoms with E-state index in [1.807, 2.05) is 66.7 Å². The summed E-state index contributed by atoms with van der Waals surface area (Å²) >= 11 is 0. The van der Waals surface area contributed by atoms with Gasteiger partial charge in [-0.15, -0.1) is 0 Å². The Labute approximate surface area is 213 Å². The first-order valence-corrected chi connectivity index (χ1v) is 12.0. The van der Waals surface area contributed by atoms with Crippen LogP contribution in [-0.2, 0) is 32.0 Å². The smallest absolute Gasteiger partial charge is 0.243 e. The summed E-state index contributed by atoms with van der Waals surface area (Å²) in [5.74, 6) is -2.12. The number of H-pyrrole nitrogens is 1. The van der Waals surface area contributed by atoms with Crippen molar-refractivity contribution in [2.45, 2.75) is 31.8 Å². The van der Waals surface area contributed by atoms with E-state index in [2.05, 4.69) is 20.9 Å². The Hall–Kier alpha value is -4.66. The van der Waals surface area contributed by atoms with Crippen molar-refractivity contribution in [1.82, 2.24) is 20.9 Å². The third-order valence-corrected chi connectivity index (χ3v) is 6.15. The summed E-state index contributed by atoms with van der Waals surface area (Å²) in [6.07, 6.45) is 2.23. The molecule has 0 aliphatic carbocycles. The predicted octanol–water partition coefficient (Wildman–Crippen LogP) is 1.70. The van der Waals surface area contributed by atoms with Gasteiger partial charge >= 0.3 is 0 Å². The summed E-state index contributed by atoms with van der Waals surface area (Å²) in [4.78, 5) is 52.3. The first kappa shape index (κ1) is 25.4. The number of primary amides is 1. The molecule has 1 unspecified atom stereocenters. The Balaban J connectivity index is 1.37. The van der Waals surface area contributed by atoms with E-state index in [4.69, 9.17) is 5.73 Å². The van der Waals surface area contributed by atoms with Gasteiger partial charge in [-0.3, -0.25) is 19.2 Å². The largest absolute Gasteiger partial charge is 0.368 e. The molecule has 37 heavy (non-hydrogen) atoms. The molecule has 0 bridgehead atoms. The van der Waals surface area contributed by atoms with E-state index in [0.717, 1.165) is 32.8 Å². The summed E-state index contributed by atoms with van der Waals surface area (Å²) < 4.78 is 0. The number of fused-ring (bicyclic) bond motifs is 2. The first-order valence-electron chi connectivity index (χ1n) is 12.0. The number of nitrogens with one attached hydrogen (secondary N) is 4. The zero-order valence-electron chi connectivity index (χ0n) is 20.4. The number of nitrogens with two attached hydrogens (primary N) is 1. The Morgan fingerprint density at radius 2 is 1.59 bits per heavy atom. The van der Waals surface area contributed by atoms with Gasteiger partial charge in [-0.2, -0.15) is 0 Å². The molecule has 3 aromatic carbocycles. The second-order valence-electron chi connectivity index (χ2n) is 8.94. The predicted molar refractivity (Wildman–Crippen MR) is 141 cm³/mol. The number of amides is 4. The van der Waals surface area contributed by atoms with Crippen molar-refractivity contribution < 1.29 is 19.2 Å². The third-order valence-electron chi connectivity index (χ3n) is 6.15. The zero-order chi connectivity index (χ0) is 26.4. The second-order valence-corrected chi connectivity index (χ2v) is 8.94. The van der Waals surface area contributed by atoms with Crippen molar-refractivity contribution in [3.05, 3.63) is 84.1 Å². The fourth-order valence-electron chi connectivity index (χ4n) is 4.34. The number of hydrogen-bond donors (Lipinski definition) is 5. The molecule has 4 aromatic rings. The topological polar surface area (TPSA) is 146 Å².